The zero-order chi connectivity index (χ0) is 18.4. The van der Waals surface area contributed by atoms with E-state index < -0.39 is 0 Å². The van der Waals surface area contributed by atoms with E-state index in [1.54, 1.807) is 0 Å². The molecule has 0 spiro atoms. The van der Waals surface area contributed by atoms with Crippen LogP contribution in [0.5, 0.6) is 0 Å². The van der Waals surface area contributed by atoms with Crippen molar-refractivity contribution in [3.63, 3.8) is 0 Å². The number of ether oxygens (including phenoxy) is 1. The Morgan fingerprint density at radius 3 is 2.58 bits per heavy atom. The molecule has 2 aromatic carbocycles. The molecule has 0 saturated carbocycles. The van der Waals surface area contributed by atoms with Crippen molar-refractivity contribution in [2.45, 2.75) is 13.5 Å². The summed E-state index contributed by atoms with van der Waals surface area (Å²) in [6.45, 7) is 6.22. The van der Waals surface area contributed by atoms with Crippen molar-refractivity contribution in [3.05, 3.63) is 69.7 Å². The Hall–Kier alpha value is -2.02. The van der Waals surface area contributed by atoms with Crippen LogP contribution in [-0.2, 0) is 11.3 Å². The molecule has 0 aliphatic carbocycles. The number of hydrogen-bond donors (Lipinski definition) is 1. The summed E-state index contributed by atoms with van der Waals surface area (Å²) in [5, 5.41) is 4.20. The molecule has 0 atom stereocenters. The zero-order valence-electron chi connectivity index (χ0n) is 14.7. The summed E-state index contributed by atoms with van der Waals surface area (Å²) < 4.78 is 6.34. The average molecular weight is 416 g/mol. The molecular formula is C20H22BrN3O2. The highest BCUT2D eigenvalue weighted by atomic mass is 79.9. The van der Waals surface area contributed by atoms with Crippen LogP contribution in [0.2, 0.25) is 0 Å². The fraction of sp³-hybridized carbons (Fsp3) is 0.300. The first-order chi connectivity index (χ1) is 12.6. The molecule has 6 heteroatoms. The first-order valence-corrected chi connectivity index (χ1v) is 9.41. The number of halogens is 1. The lowest BCUT2D eigenvalue weighted by Gasteiger charge is -2.26. The molecule has 5 nitrogen and oxygen atoms in total. The Labute approximate surface area is 162 Å². The lowest BCUT2D eigenvalue weighted by atomic mass is 10.1. The fourth-order valence-corrected chi connectivity index (χ4v) is 3.16. The van der Waals surface area contributed by atoms with Gasteiger partial charge in [-0.3, -0.25) is 9.69 Å². The molecule has 0 radical (unpaired) electrons. The van der Waals surface area contributed by atoms with Crippen LogP contribution in [0.1, 0.15) is 28.4 Å². The van der Waals surface area contributed by atoms with Crippen molar-refractivity contribution in [1.82, 2.24) is 10.3 Å². The molecule has 26 heavy (non-hydrogen) atoms. The van der Waals surface area contributed by atoms with Gasteiger partial charge < -0.3 is 4.74 Å². The van der Waals surface area contributed by atoms with E-state index in [9.17, 15) is 4.79 Å². The standard InChI is InChI=1S/C20H22BrN3O2/c1-15(18-3-2-4-19(21)13-18)22-23-20(25)17-7-5-16(6-8-17)14-24-9-11-26-12-10-24/h2-8,13H,9-12,14H2,1H3,(H,23,25)/b22-15+. The Morgan fingerprint density at radius 1 is 1.15 bits per heavy atom. The normalized spacial score (nSPS) is 15.7. The number of morpholine rings is 1. The van der Waals surface area contributed by atoms with Gasteiger partial charge in [0, 0.05) is 29.7 Å². The van der Waals surface area contributed by atoms with Gasteiger partial charge in [-0.15, -0.1) is 0 Å². The average Bonchev–Trinajstić information content (AvgIpc) is 2.67. The number of amides is 1. The highest BCUT2D eigenvalue weighted by Crippen LogP contribution is 2.12. The van der Waals surface area contributed by atoms with Crippen molar-refractivity contribution in [2.75, 3.05) is 26.3 Å². The maximum atomic E-state index is 12.3. The molecule has 1 fully saturated rings. The van der Waals surface area contributed by atoms with Crippen LogP contribution in [0.15, 0.2) is 58.1 Å². The van der Waals surface area contributed by atoms with Gasteiger partial charge in [0.05, 0.1) is 18.9 Å². The number of carbonyl (C=O) groups excluding carboxylic acids is 1. The second kappa shape index (κ2) is 9.07. The van der Waals surface area contributed by atoms with Gasteiger partial charge in [-0.1, -0.05) is 40.2 Å². The molecule has 1 aliphatic heterocycles. The van der Waals surface area contributed by atoms with Gasteiger partial charge in [-0.2, -0.15) is 5.10 Å². The van der Waals surface area contributed by atoms with E-state index in [1.807, 2.05) is 55.5 Å². The molecule has 1 heterocycles. The largest absolute Gasteiger partial charge is 0.379 e. The second-order valence-electron chi connectivity index (χ2n) is 6.23. The van der Waals surface area contributed by atoms with Crippen molar-refractivity contribution >= 4 is 27.5 Å². The van der Waals surface area contributed by atoms with E-state index in [0.717, 1.165) is 48.6 Å². The Balaban J connectivity index is 1.58. The fourth-order valence-electron chi connectivity index (χ4n) is 2.76. The van der Waals surface area contributed by atoms with Crippen molar-refractivity contribution in [3.8, 4) is 0 Å². The highest BCUT2D eigenvalue weighted by molar-refractivity contribution is 9.10. The van der Waals surface area contributed by atoms with E-state index in [1.165, 1.54) is 5.56 Å². The van der Waals surface area contributed by atoms with Gasteiger partial charge in [0.1, 0.15) is 0 Å². The number of nitrogens with zero attached hydrogens (tertiary/aromatic N) is 2. The molecule has 136 valence electrons. The SMILES string of the molecule is C/C(=N\NC(=O)c1ccc(CN2CCOCC2)cc1)c1cccc(Br)c1. The molecule has 1 aliphatic rings. The summed E-state index contributed by atoms with van der Waals surface area (Å²) in [4.78, 5) is 14.6. The van der Waals surface area contributed by atoms with Gasteiger partial charge >= 0.3 is 0 Å². The van der Waals surface area contributed by atoms with Gasteiger partial charge in [-0.25, -0.2) is 5.43 Å². The Kier molecular flexibility index (Phi) is 6.55. The van der Waals surface area contributed by atoms with Crippen LogP contribution >= 0.6 is 15.9 Å². The molecular weight excluding hydrogens is 394 g/mol. The molecule has 3 rings (SSSR count). The molecule has 1 amide bonds. The number of hydrazone groups is 1. The maximum Gasteiger partial charge on any atom is 0.271 e. The maximum absolute atomic E-state index is 12.3. The van der Waals surface area contributed by atoms with E-state index in [4.69, 9.17) is 4.74 Å². The summed E-state index contributed by atoms with van der Waals surface area (Å²) in [6.07, 6.45) is 0. The summed E-state index contributed by atoms with van der Waals surface area (Å²) in [5.74, 6) is -0.211. The highest BCUT2D eigenvalue weighted by Gasteiger charge is 2.11. The van der Waals surface area contributed by atoms with Crippen molar-refractivity contribution in [2.24, 2.45) is 5.10 Å². The molecule has 1 saturated heterocycles. The first kappa shape index (κ1) is 18.8. The van der Waals surface area contributed by atoms with E-state index in [-0.39, 0.29) is 5.91 Å². The van der Waals surface area contributed by atoms with Gasteiger partial charge in [-0.05, 0) is 42.3 Å². The predicted octanol–water partition coefficient (Wildman–Crippen LogP) is 3.44. The van der Waals surface area contributed by atoms with Crippen molar-refractivity contribution in [1.29, 1.82) is 0 Å². The van der Waals surface area contributed by atoms with Gasteiger partial charge in [0.2, 0.25) is 0 Å². The minimum absolute atomic E-state index is 0.211. The Bertz CT molecular complexity index is 784. The smallest absolute Gasteiger partial charge is 0.271 e. The molecule has 0 unspecified atom stereocenters. The third-order valence-corrected chi connectivity index (χ3v) is 4.79. The third-order valence-electron chi connectivity index (χ3n) is 4.29. The molecule has 0 bridgehead atoms. The molecule has 1 N–H and O–H groups in total. The number of nitrogens with one attached hydrogen (secondary N) is 1. The van der Waals surface area contributed by atoms with Gasteiger partial charge in [0.25, 0.3) is 5.91 Å². The van der Waals surface area contributed by atoms with Crippen LogP contribution in [-0.4, -0.2) is 42.8 Å². The monoisotopic (exact) mass is 415 g/mol. The zero-order valence-corrected chi connectivity index (χ0v) is 16.3. The number of rotatable bonds is 5. The lowest BCUT2D eigenvalue weighted by molar-refractivity contribution is 0.0342. The van der Waals surface area contributed by atoms with E-state index in [2.05, 4.69) is 31.4 Å². The van der Waals surface area contributed by atoms with Crippen molar-refractivity contribution < 1.29 is 9.53 Å². The van der Waals surface area contributed by atoms with E-state index >= 15 is 0 Å². The minimum atomic E-state index is -0.211. The summed E-state index contributed by atoms with van der Waals surface area (Å²) in [7, 11) is 0. The quantitative estimate of drug-likeness (QED) is 0.600. The van der Waals surface area contributed by atoms with E-state index in [0.29, 0.717) is 5.56 Å². The Morgan fingerprint density at radius 2 is 1.88 bits per heavy atom. The first-order valence-electron chi connectivity index (χ1n) is 8.61. The lowest BCUT2D eigenvalue weighted by Crippen LogP contribution is -2.35. The summed E-state index contributed by atoms with van der Waals surface area (Å²) in [5.41, 5.74) is 6.13. The number of benzene rings is 2. The van der Waals surface area contributed by atoms with Crippen LogP contribution in [0, 0.1) is 0 Å². The second-order valence-corrected chi connectivity index (χ2v) is 7.15. The van der Waals surface area contributed by atoms with Gasteiger partial charge in [0.15, 0.2) is 0 Å². The van der Waals surface area contributed by atoms with Crippen LogP contribution < -0.4 is 5.43 Å². The predicted molar refractivity (Wildman–Crippen MR) is 106 cm³/mol. The van der Waals surface area contributed by atoms with Crippen LogP contribution in [0.4, 0.5) is 0 Å². The van der Waals surface area contributed by atoms with Crippen LogP contribution in [0.25, 0.3) is 0 Å². The summed E-state index contributed by atoms with van der Waals surface area (Å²) >= 11 is 3.44. The third kappa shape index (κ3) is 5.24. The van der Waals surface area contributed by atoms with Crippen LogP contribution in [0.3, 0.4) is 0 Å². The molecule has 0 aromatic heterocycles. The number of hydrogen-bond acceptors (Lipinski definition) is 4. The minimum Gasteiger partial charge on any atom is -0.379 e. The topological polar surface area (TPSA) is 53.9 Å². The molecule has 2 aromatic rings. The summed E-state index contributed by atoms with van der Waals surface area (Å²) in [6, 6.07) is 15.5. The number of carbonyl (C=O) groups is 1.